The van der Waals surface area contributed by atoms with Gasteiger partial charge < -0.3 is 5.32 Å². The highest BCUT2D eigenvalue weighted by Crippen LogP contribution is 1.98. The third-order valence-electron chi connectivity index (χ3n) is 2.39. The number of nitrogens with zero attached hydrogens (tertiary/aromatic N) is 1. The summed E-state index contributed by atoms with van der Waals surface area (Å²) in [5, 5.41) is 11.3. The molecule has 1 fully saturated rings. The molecule has 3 heteroatoms. The fourth-order valence-electron chi connectivity index (χ4n) is 1.51. The Labute approximate surface area is 75.3 Å². The van der Waals surface area contributed by atoms with Gasteiger partial charge in [-0.25, -0.2) is 5.32 Å². The molecule has 1 aliphatic rings. The van der Waals surface area contributed by atoms with Gasteiger partial charge in [0.15, 0.2) is 0 Å². The second-order valence-corrected chi connectivity index (χ2v) is 3.31. The van der Waals surface area contributed by atoms with Gasteiger partial charge in [0.05, 0.1) is 6.17 Å². The number of hydrogen-bond donors (Lipinski definition) is 2. The van der Waals surface area contributed by atoms with E-state index in [0.717, 1.165) is 19.6 Å². The fraction of sp³-hybridized carbons (Fsp3) is 1.00. The van der Waals surface area contributed by atoms with Crippen LogP contribution in [-0.4, -0.2) is 31.8 Å². The highest BCUT2D eigenvalue weighted by atomic mass is 15.2. The Morgan fingerprint density at radius 3 is 2.75 bits per heavy atom. The molecule has 0 aliphatic carbocycles. The van der Waals surface area contributed by atoms with Crippen LogP contribution < -0.4 is 16.0 Å². The Hall–Kier alpha value is -0.120. The molecule has 1 aliphatic heterocycles. The summed E-state index contributed by atoms with van der Waals surface area (Å²) in [4.78, 5) is 0. The first-order valence-corrected chi connectivity index (χ1v) is 5.00. The minimum atomic E-state index is 0.351. The first kappa shape index (κ1) is 9.96. The lowest BCUT2D eigenvalue weighted by Crippen LogP contribution is -2.54. The van der Waals surface area contributed by atoms with Crippen LogP contribution in [0.1, 0.15) is 26.7 Å². The van der Waals surface area contributed by atoms with E-state index < -0.39 is 0 Å². The zero-order valence-corrected chi connectivity index (χ0v) is 8.14. The molecule has 0 aromatic carbocycles. The normalized spacial score (nSPS) is 24.8. The molecule has 0 bridgehead atoms. The molecule has 1 heterocycles. The fourth-order valence-corrected chi connectivity index (χ4v) is 1.51. The summed E-state index contributed by atoms with van der Waals surface area (Å²) in [6, 6.07) is 0.638. The summed E-state index contributed by atoms with van der Waals surface area (Å²) in [7, 11) is 0. The molecule has 0 saturated carbocycles. The van der Waals surface area contributed by atoms with Crippen molar-refractivity contribution in [1.82, 2.24) is 16.0 Å². The molecular formula is C9H20N3. The predicted molar refractivity (Wildman–Crippen MR) is 51.2 cm³/mol. The van der Waals surface area contributed by atoms with Crippen LogP contribution in [0.15, 0.2) is 0 Å². The van der Waals surface area contributed by atoms with E-state index in [9.17, 15) is 0 Å². The van der Waals surface area contributed by atoms with Gasteiger partial charge in [-0.1, -0.05) is 13.8 Å². The minimum Gasteiger partial charge on any atom is -0.312 e. The van der Waals surface area contributed by atoms with Crippen molar-refractivity contribution in [2.24, 2.45) is 0 Å². The van der Waals surface area contributed by atoms with E-state index in [-0.39, 0.29) is 0 Å². The molecule has 1 rings (SSSR count). The molecule has 0 spiro atoms. The summed E-state index contributed by atoms with van der Waals surface area (Å²) < 4.78 is 0. The Balaban J connectivity index is 2.18. The maximum Gasteiger partial charge on any atom is 0.0864 e. The molecule has 1 atom stereocenters. The van der Waals surface area contributed by atoms with E-state index in [0.29, 0.717) is 12.2 Å². The van der Waals surface area contributed by atoms with Crippen molar-refractivity contribution in [3.05, 3.63) is 0 Å². The molecule has 12 heavy (non-hydrogen) atoms. The lowest BCUT2D eigenvalue weighted by Gasteiger charge is -2.27. The molecule has 0 amide bonds. The summed E-state index contributed by atoms with van der Waals surface area (Å²) in [5.41, 5.74) is 0. The first-order chi connectivity index (χ1) is 5.86. The largest absolute Gasteiger partial charge is 0.312 e. The molecule has 1 saturated heterocycles. The molecule has 1 radical (unpaired) electrons. The SMILES string of the molecule is CCC(CC)NC1CNCC[N]1. The van der Waals surface area contributed by atoms with Crippen LogP contribution in [0.5, 0.6) is 0 Å². The Bertz CT molecular complexity index is 106. The van der Waals surface area contributed by atoms with Crippen molar-refractivity contribution in [1.29, 1.82) is 0 Å². The third-order valence-corrected chi connectivity index (χ3v) is 2.39. The minimum absolute atomic E-state index is 0.351. The third kappa shape index (κ3) is 3.09. The molecule has 0 aromatic heterocycles. The molecular weight excluding hydrogens is 150 g/mol. The van der Waals surface area contributed by atoms with Crippen LogP contribution >= 0.6 is 0 Å². The van der Waals surface area contributed by atoms with Crippen LogP contribution in [0, 0.1) is 0 Å². The lowest BCUT2D eigenvalue weighted by molar-refractivity contribution is 0.310. The van der Waals surface area contributed by atoms with E-state index in [4.69, 9.17) is 0 Å². The maximum absolute atomic E-state index is 4.49. The number of hydrogen-bond acceptors (Lipinski definition) is 2. The van der Waals surface area contributed by atoms with Gasteiger partial charge in [0.2, 0.25) is 0 Å². The van der Waals surface area contributed by atoms with Crippen molar-refractivity contribution in [3.63, 3.8) is 0 Å². The summed E-state index contributed by atoms with van der Waals surface area (Å²) in [6.07, 6.45) is 2.74. The highest BCUT2D eigenvalue weighted by Gasteiger charge is 2.15. The van der Waals surface area contributed by atoms with Crippen LogP contribution in [-0.2, 0) is 0 Å². The molecule has 0 aromatic rings. The molecule has 2 N–H and O–H groups in total. The van der Waals surface area contributed by atoms with E-state index in [2.05, 4.69) is 29.8 Å². The van der Waals surface area contributed by atoms with Crippen molar-refractivity contribution in [2.45, 2.75) is 38.9 Å². The van der Waals surface area contributed by atoms with Crippen LogP contribution in [0.25, 0.3) is 0 Å². The standard InChI is InChI=1S/C9H20N3/c1-3-8(4-2)12-9-7-10-5-6-11-9/h8-10,12H,3-7H2,1-2H3. The maximum atomic E-state index is 4.49. The van der Waals surface area contributed by atoms with E-state index in [1.165, 1.54) is 12.8 Å². The van der Waals surface area contributed by atoms with Crippen LogP contribution in [0.2, 0.25) is 0 Å². The number of rotatable bonds is 4. The van der Waals surface area contributed by atoms with Gasteiger partial charge in [-0.2, -0.15) is 0 Å². The van der Waals surface area contributed by atoms with Crippen molar-refractivity contribution in [2.75, 3.05) is 19.6 Å². The van der Waals surface area contributed by atoms with Crippen LogP contribution in [0.3, 0.4) is 0 Å². The lowest BCUT2D eigenvalue weighted by atomic mass is 10.1. The Kier molecular flexibility index (Phi) is 4.58. The highest BCUT2D eigenvalue weighted by molar-refractivity contribution is 4.76. The van der Waals surface area contributed by atoms with Gasteiger partial charge in [-0.15, -0.1) is 0 Å². The Morgan fingerprint density at radius 1 is 1.50 bits per heavy atom. The van der Waals surface area contributed by atoms with E-state index >= 15 is 0 Å². The van der Waals surface area contributed by atoms with Crippen molar-refractivity contribution < 1.29 is 0 Å². The number of piperazine rings is 1. The molecule has 71 valence electrons. The van der Waals surface area contributed by atoms with Gasteiger partial charge in [0, 0.05) is 25.7 Å². The van der Waals surface area contributed by atoms with Gasteiger partial charge in [-0.3, -0.25) is 5.32 Å². The first-order valence-electron chi connectivity index (χ1n) is 5.00. The van der Waals surface area contributed by atoms with Gasteiger partial charge in [-0.05, 0) is 12.8 Å². The second-order valence-electron chi connectivity index (χ2n) is 3.31. The summed E-state index contributed by atoms with van der Waals surface area (Å²) in [6.45, 7) is 7.43. The van der Waals surface area contributed by atoms with Gasteiger partial charge >= 0.3 is 0 Å². The molecule has 3 nitrogen and oxygen atoms in total. The number of nitrogens with one attached hydrogen (secondary N) is 2. The Morgan fingerprint density at radius 2 is 2.25 bits per heavy atom. The summed E-state index contributed by atoms with van der Waals surface area (Å²) >= 11 is 0. The predicted octanol–water partition coefficient (Wildman–Crippen LogP) is 0.298. The second kappa shape index (κ2) is 5.51. The van der Waals surface area contributed by atoms with Crippen LogP contribution in [0.4, 0.5) is 0 Å². The average Bonchev–Trinajstić information content (AvgIpc) is 2.16. The summed E-state index contributed by atoms with van der Waals surface area (Å²) in [5.74, 6) is 0. The van der Waals surface area contributed by atoms with Crippen molar-refractivity contribution in [3.8, 4) is 0 Å². The topological polar surface area (TPSA) is 38.2 Å². The van der Waals surface area contributed by atoms with Gasteiger partial charge in [0.25, 0.3) is 0 Å². The van der Waals surface area contributed by atoms with Crippen molar-refractivity contribution >= 4 is 0 Å². The monoisotopic (exact) mass is 170 g/mol. The van der Waals surface area contributed by atoms with E-state index in [1.54, 1.807) is 0 Å². The smallest absolute Gasteiger partial charge is 0.0864 e. The van der Waals surface area contributed by atoms with Gasteiger partial charge in [0.1, 0.15) is 0 Å². The zero-order valence-electron chi connectivity index (χ0n) is 8.14. The van der Waals surface area contributed by atoms with E-state index in [1.807, 2.05) is 0 Å². The quantitative estimate of drug-likeness (QED) is 0.637. The average molecular weight is 170 g/mol. The molecule has 1 unspecified atom stereocenters. The zero-order chi connectivity index (χ0) is 8.81.